The first-order valence-electron chi connectivity index (χ1n) is 7.84. The van der Waals surface area contributed by atoms with Crippen LogP contribution in [0.2, 0.25) is 0 Å². The fourth-order valence-electron chi connectivity index (χ4n) is 2.72. The Balaban J connectivity index is 1.70. The van der Waals surface area contributed by atoms with E-state index in [1.807, 2.05) is 0 Å². The van der Waals surface area contributed by atoms with Crippen LogP contribution in [0.25, 0.3) is 5.78 Å². The molecule has 0 spiro atoms. The Bertz CT molecular complexity index is 754. The van der Waals surface area contributed by atoms with E-state index in [4.69, 9.17) is 0 Å². The van der Waals surface area contributed by atoms with Crippen molar-refractivity contribution in [3.8, 4) is 0 Å². The molecule has 2 aromatic rings. The van der Waals surface area contributed by atoms with Gasteiger partial charge in [-0.25, -0.2) is 9.50 Å². The molecule has 1 atom stereocenters. The summed E-state index contributed by atoms with van der Waals surface area (Å²) in [6, 6.07) is -0.0524. The Labute approximate surface area is 141 Å². The summed E-state index contributed by atoms with van der Waals surface area (Å²) in [6.45, 7) is 2.73. The van der Waals surface area contributed by atoms with Gasteiger partial charge in [-0.3, -0.25) is 9.69 Å². The quantitative estimate of drug-likeness (QED) is 0.801. The van der Waals surface area contributed by atoms with Crippen molar-refractivity contribution < 1.29 is 18.0 Å². The Kier molecular flexibility index (Phi) is 4.86. The second-order valence-electron chi connectivity index (χ2n) is 5.79. The maximum Gasteiger partial charge on any atom is 0.405 e. The zero-order valence-corrected chi connectivity index (χ0v) is 13.5. The van der Waals surface area contributed by atoms with Gasteiger partial charge in [0.2, 0.25) is 5.82 Å². The molecule has 2 N–H and O–H groups in total. The molecule has 0 aromatic carbocycles. The highest BCUT2D eigenvalue weighted by molar-refractivity contribution is 5.90. The van der Waals surface area contributed by atoms with Gasteiger partial charge >= 0.3 is 6.18 Å². The lowest BCUT2D eigenvalue weighted by Gasteiger charge is -2.35. The number of aromatic nitrogens is 4. The summed E-state index contributed by atoms with van der Waals surface area (Å²) < 4.78 is 41.3. The highest BCUT2D eigenvalue weighted by atomic mass is 19.4. The Hall–Kier alpha value is -2.27. The van der Waals surface area contributed by atoms with Crippen LogP contribution < -0.4 is 10.6 Å². The number of alkyl halides is 3. The van der Waals surface area contributed by atoms with Crippen LogP contribution in [0.5, 0.6) is 0 Å². The van der Waals surface area contributed by atoms with Crippen LogP contribution in [-0.2, 0) is 0 Å². The topological polar surface area (TPSA) is 87.5 Å². The van der Waals surface area contributed by atoms with Crippen LogP contribution in [0.3, 0.4) is 0 Å². The van der Waals surface area contributed by atoms with E-state index in [9.17, 15) is 18.0 Å². The van der Waals surface area contributed by atoms with Gasteiger partial charge in [-0.15, -0.1) is 5.10 Å². The highest BCUT2D eigenvalue weighted by Gasteiger charge is 2.44. The van der Waals surface area contributed by atoms with Crippen molar-refractivity contribution in [3.63, 3.8) is 0 Å². The second-order valence-corrected chi connectivity index (χ2v) is 5.79. The van der Waals surface area contributed by atoms with Gasteiger partial charge < -0.3 is 10.6 Å². The third kappa shape index (κ3) is 3.87. The summed E-state index contributed by atoms with van der Waals surface area (Å²) in [6.07, 6.45) is -2.92. The monoisotopic (exact) mass is 357 g/mol. The van der Waals surface area contributed by atoms with Gasteiger partial charge in [0.25, 0.3) is 11.7 Å². The number of carbonyl (C=O) groups is 1. The fourth-order valence-corrected chi connectivity index (χ4v) is 2.72. The zero-order chi connectivity index (χ0) is 18.0. The molecule has 8 nitrogen and oxygen atoms in total. The van der Waals surface area contributed by atoms with Crippen LogP contribution in [0.4, 0.5) is 13.2 Å². The Morgan fingerprint density at radius 1 is 1.40 bits per heavy atom. The van der Waals surface area contributed by atoms with E-state index in [0.717, 1.165) is 0 Å². The van der Waals surface area contributed by atoms with Gasteiger partial charge in [0.1, 0.15) is 6.04 Å². The number of hydrogen-bond donors (Lipinski definition) is 2. The van der Waals surface area contributed by atoms with Gasteiger partial charge in [-0.05, 0) is 13.0 Å². The molecule has 3 heterocycles. The number of amides is 1. The first-order valence-corrected chi connectivity index (χ1v) is 7.84. The number of aryl methyl sites for hydroxylation is 1. The van der Waals surface area contributed by atoms with Gasteiger partial charge in [-0.2, -0.15) is 18.2 Å². The van der Waals surface area contributed by atoms with Crippen LogP contribution in [-0.4, -0.2) is 75.3 Å². The lowest BCUT2D eigenvalue weighted by Crippen LogP contribution is -2.57. The summed E-state index contributed by atoms with van der Waals surface area (Å²) in [4.78, 5) is 21.4. The van der Waals surface area contributed by atoms with E-state index in [1.54, 1.807) is 13.0 Å². The summed E-state index contributed by atoms with van der Waals surface area (Å²) in [7, 11) is 0. The average molecular weight is 357 g/mol. The summed E-state index contributed by atoms with van der Waals surface area (Å²) >= 11 is 0. The molecule has 1 aliphatic heterocycles. The predicted octanol–water partition coefficient (Wildman–Crippen LogP) is -0.00138. The SMILES string of the molecule is Cc1ccnc2nc(C(=O)NCC(N3CCNCC3)C(F)(F)F)nn12. The molecule has 2 aromatic heterocycles. The lowest BCUT2D eigenvalue weighted by molar-refractivity contribution is -0.183. The van der Waals surface area contributed by atoms with Crippen molar-refractivity contribution >= 4 is 11.7 Å². The van der Waals surface area contributed by atoms with Crippen LogP contribution in [0, 0.1) is 6.92 Å². The van der Waals surface area contributed by atoms with Gasteiger partial charge in [0, 0.05) is 44.6 Å². The molecule has 1 fully saturated rings. The Morgan fingerprint density at radius 2 is 2.12 bits per heavy atom. The number of halogens is 3. The third-order valence-electron chi connectivity index (χ3n) is 4.06. The van der Waals surface area contributed by atoms with E-state index in [0.29, 0.717) is 18.8 Å². The van der Waals surface area contributed by atoms with Crippen molar-refractivity contribution in [1.29, 1.82) is 0 Å². The molecular weight excluding hydrogens is 339 g/mol. The number of piperazine rings is 1. The van der Waals surface area contributed by atoms with E-state index in [-0.39, 0.29) is 24.7 Å². The summed E-state index contributed by atoms with van der Waals surface area (Å²) in [5.41, 5.74) is 0.713. The van der Waals surface area contributed by atoms with Crippen molar-refractivity contribution in [3.05, 3.63) is 23.8 Å². The molecule has 0 bridgehead atoms. The first kappa shape index (κ1) is 17.5. The standard InChI is InChI=1S/C14H18F3N7O/c1-9-2-3-19-13-21-11(22-24(9)13)12(25)20-8-10(14(15,16)17)23-6-4-18-5-7-23/h2-3,10,18H,4-8H2,1H3,(H,20,25). The Morgan fingerprint density at radius 3 is 2.76 bits per heavy atom. The lowest BCUT2D eigenvalue weighted by atomic mass is 10.2. The number of hydrogen-bond acceptors (Lipinski definition) is 6. The van der Waals surface area contributed by atoms with Crippen LogP contribution >= 0.6 is 0 Å². The van der Waals surface area contributed by atoms with Crippen molar-refractivity contribution in [2.75, 3.05) is 32.7 Å². The molecule has 136 valence electrons. The molecule has 0 aliphatic carbocycles. The number of nitrogens with zero attached hydrogens (tertiary/aromatic N) is 5. The van der Waals surface area contributed by atoms with Crippen LogP contribution in [0.1, 0.15) is 16.3 Å². The maximum atomic E-state index is 13.3. The van der Waals surface area contributed by atoms with Crippen molar-refractivity contribution in [2.24, 2.45) is 0 Å². The normalized spacial score (nSPS) is 17.6. The number of rotatable bonds is 4. The zero-order valence-electron chi connectivity index (χ0n) is 13.5. The highest BCUT2D eigenvalue weighted by Crippen LogP contribution is 2.24. The molecule has 3 rings (SSSR count). The molecular formula is C14H18F3N7O. The van der Waals surface area contributed by atoms with Gasteiger partial charge in [0.15, 0.2) is 0 Å². The predicted molar refractivity (Wildman–Crippen MR) is 82.1 cm³/mol. The molecule has 1 amide bonds. The van der Waals surface area contributed by atoms with Crippen molar-refractivity contribution in [2.45, 2.75) is 19.1 Å². The molecule has 25 heavy (non-hydrogen) atoms. The fraction of sp³-hybridized carbons (Fsp3) is 0.571. The minimum atomic E-state index is -4.44. The molecule has 0 saturated carbocycles. The molecule has 1 saturated heterocycles. The van der Waals surface area contributed by atoms with E-state index >= 15 is 0 Å². The second kappa shape index (κ2) is 6.92. The third-order valence-corrected chi connectivity index (χ3v) is 4.06. The van der Waals surface area contributed by atoms with Gasteiger partial charge in [-0.1, -0.05) is 0 Å². The number of carbonyl (C=O) groups excluding carboxylic acids is 1. The number of fused-ring (bicyclic) bond motifs is 1. The molecule has 11 heteroatoms. The van der Waals surface area contributed by atoms with E-state index < -0.39 is 24.7 Å². The minimum absolute atomic E-state index is 0.206. The number of nitrogens with one attached hydrogen (secondary N) is 2. The minimum Gasteiger partial charge on any atom is -0.347 e. The van der Waals surface area contributed by atoms with Gasteiger partial charge in [0.05, 0.1) is 0 Å². The average Bonchev–Trinajstić information content (AvgIpc) is 3.00. The smallest absolute Gasteiger partial charge is 0.347 e. The summed E-state index contributed by atoms with van der Waals surface area (Å²) in [5.74, 6) is -0.739. The van der Waals surface area contributed by atoms with E-state index in [2.05, 4.69) is 25.7 Å². The van der Waals surface area contributed by atoms with Crippen LogP contribution in [0.15, 0.2) is 12.3 Å². The van der Waals surface area contributed by atoms with Crippen molar-refractivity contribution in [1.82, 2.24) is 35.1 Å². The molecule has 0 radical (unpaired) electrons. The molecule has 1 aliphatic rings. The first-order chi connectivity index (χ1) is 11.9. The van der Waals surface area contributed by atoms with E-state index in [1.165, 1.54) is 15.6 Å². The summed E-state index contributed by atoms with van der Waals surface area (Å²) in [5, 5.41) is 9.29. The molecule has 1 unspecified atom stereocenters. The maximum absolute atomic E-state index is 13.3. The largest absolute Gasteiger partial charge is 0.405 e.